The molecule has 36 nitrogen and oxygen atoms in total. The number of carbonyl (C=O) groups is 14. The van der Waals surface area contributed by atoms with Crippen LogP contribution in [0.1, 0.15) is 169 Å². The summed E-state index contributed by atoms with van der Waals surface area (Å²) in [5, 5.41) is 49.4. The summed E-state index contributed by atoms with van der Waals surface area (Å²) in [6.45, 7) is 8.27. The molecule has 0 spiro atoms. The molecule has 7 aromatic carbocycles. The number of rotatable bonds is 53. The molecule has 3 heterocycles. The van der Waals surface area contributed by atoms with Gasteiger partial charge < -0.3 is 107 Å². The van der Waals surface area contributed by atoms with E-state index in [1.54, 1.807) is 152 Å². The third-order valence-corrected chi connectivity index (χ3v) is 26.0. The molecule has 24 N–H and O–H groups in total. The Labute approximate surface area is 824 Å². The lowest BCUT2D eigenvalue weighted by molar-refractivity contribution is -0.143. The van der Waals surface area contributed by atoms with Gasteiger partial charge in [-0.05, 0) is 147 Å². The highest BCUT2D eigenvalue weighted by Gasteiger charge is 2.46. The Hall–Kier alpha value is -14.4. The molecule has 3 fully saturated rings. The molecule has 3 aliphatic heterocycles. The maximum absolute atomic E-state index is 15.7. The molecule has 141 heavy (non-hydrogen) atoms. The molecule has 10 rings (SSSR count). The summed E-state index contributed by atoms with van der Waals surface area (Å²) in [7, 11) is 0. The van der Waals surface area contributed by atoms with E-state index in [1.807, 2.05) is 88.4 Å². The molecule has 754 valence electrons. The first kappa shape index (κ1) is 109. The van der Waals surface area contributed by atoms with E-state index in [9.17, 15) is 24.0 Å². The van der Waals surface area contributed by atoms with Crippen LogP contribution in [0, 0.1) is 22.7 Å². The number of primary amides is 1. The van der Waals surface area contributed by atoms with Crippen molar-refractivity contribution in [2.24, 2.45) is 40.5 Å². The number of benzene rings is 7. The van der Waals surface area contributed by atoms with E-state index in [1.165, 1.54) is 14.7 Å². The fourth-order valence-electron chi connectivity index (χ4n) is 18.3. The fourth-order valence-corrected chi connectivity index (χ4v) is 18.3. The number of hydrogen-bond donors (Lipinski definition) is 19. The number of carbonyl (C=O) groups excluding carboxylic acids is 14. The highest BCUT2D eigenvalue weighted by atomic mass is 16.2. The van der Waals surface area contributed by atoms with Gasteiger partial charge in [-0.25, -0.2) is 0 Å². The highest BCUT2D eigenvalue weighted by Crippen LogP contribution is 2.30. The third-order valence-electron chi connectivity index (χ3n) is 26.0. The molecule has 0 saturated carbocycles. The predicted octanol–water partition coefficient (Wildman–Crippen LogP) is 3.41. The van der Waals surface area contributed by atoms with E-state index in [0.717, 1.165) is 11.1 Å². The summed E-state index contributed by atoms with van der Waals surface area (Å²) in [6.07, 6.45) is 2.89. The topological polar surface area (TPSA) is 571 Å². The summed E-state index contributed by atoms with van der Waals surface area (Å²) in [4.78, 5) is 214. The smallest absolute Gasteiger partial charge is 0.246 e. The Morgan fingerprint density at radius 3 is 0.957 bits per heavy atom. The monoisotopic (exact) mass is 1930 g/mol. The molecule has 15 atom stereocenters. The van der Waals surface area contributed by atoms with Gasteiger partial charge in [-0.15, -0.1) is 0 Å². The van der Waals surface area contributed by atoms with E-state index < -0.39 is 179 Å². The standard InChI is InChI=1S/C105H140N22O14/c1-5-67(4)89(124-99(137)88(107)87(73-44-23-11-24-45-73)74-46-25-12-26-47-74)100(138)123-81(60-66(2)3)101(139)125-57-31-51-84(125)96(134)118-78(61-68-34-13-6-14-35-68)93(131)116-76(48-27-28-54-106)92(130)121-82(64-71-40-19-9-20-41-71)102(140)126-58-32-53-86(126)98(136)120-80(63-70-38-17-8-18-39-70)95(133)122-83(65-72-42-21-10-22-43-72)103(141)127-59-33-52-85(127)97(135)119-79(62-69-36-15-7-16-37-69)94(132)117-77(50-30-56-114-105(111)112)91(129)115-75(90(108)128)49-29-55-113-104(109)110/h6-26,34-47,66-67,75-89H,5,27-33,48-65,106-107H2,1-4H3,(H2,108,128)(H,115,129)(H,116,131)(H,117,132)(H,118,134)(H,119,135)(H,120,136)(H,121,130)(H,122,133)(H,123,138)(H,124,137)(H4,109,110,113)(H4,111,112,114)/t67-,75-,76-,77-,78-,79-,80-,81-,82-,83-,84-,85-,86-,88-,89-/m0/s1. The van der Waals surface area contributed by atoms with Gasteiger partial charge in [-0.1, -0.05) is 246 Å². The average molecular weight is 1930 g/mol. The number of likely N-dealkylation sites (tertiary alicyclic amines) is 3. The van der Waals surface area contributed by atoms with Gasteiger partial charge in [0, 0.05) is 70.7 Å². The Bertz CT molecular complexity index is 5270. The van der Waals surface area contributed by atoms with Crippen LogP contribution in [0.4, 0.5) is 0 Å². The van der Waals surface area contributed by atoms with Crippen molar-refractivity contribution >= 4 is 94.6 Å². The quantitative estimate of drug-likeness (QED) is 0.0147. The molecular formula is C105H140N22O14. The molecular weight excluding hydrogens is 1790 g/mol. The van der Waals surface area contributed by atoms with Crippen LogP contribution < -0.4 is 92.5 Å². The second-order valence-electron chi connectivity index (χ2n) is 37.0. The third kappa shape index (κ3) is 33.1. The van der Waals surface area contributed by atoms with Gasteiger partial charge in [0.1, 0.15) is 78.5 Å². The van der Waals surface area contributed by atoms with Crippen LogP contribution >= 0.6 is 0 Å². The number of guanidine groups is 2. The van der Waals surface area contributed by atoms with E-state index in [0.29, 0.717) is 66.3 Å². The molecule has 14 amide bonds. The maximum atomic E-state index is 15.7. The van der Waals surface area contributed by atoms with Crippen LogP contribution in [0.2, 0.25) is 0 Å². The first-order valence-electron chi connectivity index (χ1n) is 49.0. The lowest BCUT2D eigenvalue weighted by Crippen LogP contribution is -2.61. The van der Waals surface area contributed by atoms with Crippen LogP contribution in [0.15, 0.2) is 212 Å². The van der Waals surface area contributed by atoms with Crippen molar-refractivity contribution in [2.75, 3.05) is 39.3 Å². The van der Waals surface area contributed by atoms with Gasteiger partial charge in [0.15, 0.2) is 11.9 Å². The van der Waals surface area contributed by atoms with Crippen molar-refractivity contribution in [1.82, 2.24) is 78.5 Å². The van der Waals surface area contributed by atoms with Crippen molar-refractivity contribution in [3.8, 4) is 0 Å². The lowest BCUT2D eigenvalue weighted by atomic mass is 9.84. The number of unbranched alkanes of at least 4 members (excludes halogenated alkanes) is 1. The SMILES string of the molecule is CC[C@H](C)[C@H](NC(=O)[C@@H](N)C(c1ccccc1)c1ccccc1)C(=O)N[C@@H](CC(C)C)C(=O)N1CCC[C@H]1C(=O)N[C@@H](Cc1ccccc1)C(=O)N[C@@H](CCCCN)C(=O)N[C@@H](Cc1ccccc1)C(=O)N1CCC[C@H]1C(=O)N[C@@H](Cc1ccccc1)C(=O)N[C@@H](Cc1ccccc1)C(=O)N1CCC[C@H]1C(=O)N[C@@H](Cc1ccccc1)C(=O)N[C@@H](CCCNC(=N)N)C(=O)N[C@@H](CCCNC(=N)N)C(N)=O. The van der Waals surface area contributed by atoms with Gasteiger partial charge in [0.25, 0.3) is 0 Å². The van der Waals surface area contributed by atoms with Gasteiger partial charge in [0.2, 0.25) is 82.7 Å². The van der Waals surface area contributed by atoms with Gasteiger partial charge in [-0.2, -0.15) is 0 Å². The minimum Gasteiger partial charge on any atom is -0.370 e. The number of nitrogens with two attached hydrogens (primary N) is 5. The van der Waals surface area contributed by atoms with Gasteiger partial charge >= 0.3 is 0 Å². The molecule has 0 aliphatic carbocycles. The van der Waals surface area contributed by atoms with Crippen LogP contribution in [0.3, 0.4) is 0 Å². The number of nitrogens with zero attached hydrogens (tertiary/aromatic N) is 3. The summed E-state index contributed by atoms with van der Waals surface area (Å²) >= 11 is 0. The zero-order valence-electron chi connectivity index (χ0n) is 80.9. The normalized spacial score (nSPS) is 17.0. The summed E-state index contributed by atoms with van der Waals surface area (Å²) < 4.78 is 0. The Morgan fingerprint density at radius 2 is 0.638 bits per heavy atom. The van der Waals surface area contributed by atoms with Gasteiger partial charge in [-0.3, -0.25) is 77.9 Å². The number of nitrogens with one attached hydrogen (secondary N) is 14. The van der Waals surface area contributed by atoms with Crippen LogP contribution in [-0.4, -0.2) is 233 Å². The zero-order valence-corrected chi connectivity index (χ0v) is 80.9. The first-order chi connectivity index (χ1) is 67.9. The van der Waals surface area contributed by atoms with E-state index >= 15 is 43.2 Å². The van der Waals surface area contributed by atoms with Crippen molar-refractivity contribution in [3.05, 3.63) is 251 Å². The molecule has 7 aromatic rings. The molecule has 0 aromatic heterocycles. The minimum atomic E-state index is -1.41. The van der Waals surface area contributed by atoms with Gasteiger partial charge in [0.05, 0.1) is 6.04 Å². The lowest BCUT2D eigenvalue weighted by Gasteiger charge is -2.33. The van der Waals surface area contributed by atoms with E-state index in [2.05, 4.69) is 63.8 Å². The fraction of sp³-hybridized carbons (Fsp3) is 0.448. The molecule has 0 bridgehead atoms. The zero-order chi connectivity index (χ0) is 101. The van der Waals surface area contributed by atoms with Crippen molar-refractivity contribution in [2.45, 2.75) is 247 Å². The number of hydrogen-bond acceptors (Lipinski definition) is 18. The van der Waals surface area contributed by atoms with E-state index in [4.69, 9.17) is 39.5 Å². The molecule has 0 unspecified atom stereocenters. The average Bonchev–Trinajstić information content (AvgIpc) is 1.79. The maximum Gasteiger partial charge on any atom is 0.246 e. The van der Waals surface area contributed by atoms with Crippen LogP contribution in [0.5, 0.6) is 0 Å². The van der Waals surface area contributed by atoms with Crippen LogP contribution in [-0.2, 0) is 99.2 Å². The van der Waals surface area contributed by atoms with E-state index in [-0.39, 0.29) is 147 Å². The molecule has 3 saturated heterocycles. The Kier molecular flexibility index (Phi) is 42.7. The summed E-state index contributed by atoms with van der Waals surface area (Å²) in [6, 6.07) is 45.2. The predicted molar refractivity (Wildman–Crippen MR) is 536 cm³/mol. The highest BCUT2D eigenvalue weighted by molar-refractivity contribution is 6.01. The summed E-state index contributed by atoms with van der Waals surface area (Å²) in [5.74, 6) is -11.7. The minimum absolute atomic E-state index is 0.0174. The summed E-state index contributed by atoms with van der Waals surface area (Å²) in [5.41, 5.74) is 34.4. The van der Waals surface area contributed by atoms with Crippen LogP contribution in [0.25, 0.3) is 0 Å². The molecule has 3 aliphatic rings. The molecule has 36 heteroatoms. The van der Waals surface area contributed by atoms with Crippen molar-refractivity contribution in [3.63, 3.8) is 0 Å². The molecule has 0 radical (unpaired) electrons. The van der Waals surface area contributed by atoms with Crippen molar-refractivity contribution in [1.29, 1.82) is 10.8 Å². The Balaban J connectivity index is 0.853. The largest absolute Gasteiger partial charge is 0.370 e. The Morgan fingerprint density at radius 1 is 0.348 bits per heavy atom. The second kappa shape index (κ2) is 55.4. The number of amides is 14. The second-order valence-corrected chi connectivity index (χ2v) is 37.0. The van der Waals surface area contributed by atoms with Crippen molar-refractivity contribution < 1.29 is 67.1 Å². The first-order valence-corrected chi connectivity index (χ1v) is 49.0.